The van der Waals surface area contributed by atoms with Crippen molar-refractivity contribution in [1.82, 2.24) is 0 Å². The van der Waals surface area contributed by atoms with Crippen molar-refractivity contribution in [2.45, 2.75) is 6.42 Å². The van der Waals surface area contributed by atoms with Gasteiger partial charge in [0.25, 0.3) is 0 Å². The molecule has 8 heavy (non-hydrogen) atoms. The monoisotopic (exact) mass is 127 g/mol. The van der Waals surface area contributed by atoms with Crippen molar-refractivity contribution in [3.63, 3.8) is 0 Å². The predicted octanol–water partition coefficient (Wildman–Crippen LogP) is 2.10. The molecule has 0 bridgehead atoms. The zero-order valence-electron chi connectivity index (χ0n) is 4.34. The van der Waals surface area contributed by atoms with Crippen LogP contribution in [0.2, 0.25) is 0 Å². The van der Waals surface area contributed by atoms with Crippen LogP contribution < -0.4 is 0 Å². The molecule has 0 saturated carbocycles. The second-order valence-electron chi connectivity index (χ2n) is 1.49. The van der Waals surface area contributed by atoms with Gasteiger partial charge in [0.05, 0.1) is 0 Å². The van der Waals surface area contributed by atoms with E-state index in [1.165, 1.54) is 0 Å². The van der Waals surface area contributed by atoms with Crippen LogP contribution in [0.4, 0.5) is 0 Å². The summed E-state index contributed by atoms with van der Waals surface area (Å²) in [5.41, 5.74) is 0. The smallest absolute Gasteiger partial charge is 0.0264 e. The van der Waals surface area contributed by atoms with Crippen molar-refractivity contribution in [2.24, 2.45) is 4.99 Å². The summed E-state index contributed by atoms with van der Waals surface area (Å²) < 4.78 is 0. The second-order valence-corrected chi connectivity index (χ2v) is 1.98. The normalized spacial score (nSPS) is 17.9. The zero-order valence-corrected chi connectivity index (χ0v) is 5.10. The quantitative estimate of drug-likeness (QED) is 0.473. The van der Waals surface area contributed by atoms with Crippen LogP contribution in [0.5, 0.6) is 0 Å². The number of aliphatic imine (C=N–C) groups is 1. The van der Waals surface area contributed by atoms with Gasteiger partial charge in [-0.25, -0.2) is 0 Å². The molecule has 1 aliphatic heterocycles. The lowest BCUT2D eigenvalue weighted by Crippen LogP contribution is -1.70. The Hall–Kier alpha value is -0.560. The molecule has 0 atom stereocenters. The molecule has 0 fully saturated rings. The van der Waals surface area contributed by atoms with Crippen LogP contribution in [0.25, 0.3) is 0 Å². The van der Waals surface area contributed by atoms with Crippen LogP contribution in [0, 0.1) is 0 Å². The fourth-order valence-corrected chi connectivity index (χ4v) is 0.608. The van der Waals surface area contributed by atoms with E-state index in [9.17, 15) is 0 Å². The maximum absolute atomic E-state index is 5.64. The van der Waals surface area contributed by atoms with Crippen molar-refractivity contribution in [1.29, 1.82) is 0 Å². The molecular formula is C6H6ClN. The van der Waals surface area contributed by atoms with Gasteiger partial charge in [-0.15, -0.1) is 0 Å². The highest BCUT2D eigenvalue weighted by Crippen LogP contribution is 2.06. The highest BCUT2D eigenvalue weighted by molar-refractivity contribution is 6.30. The van der Waals surface area contributed by atoms with Gasteiger partial charge in [0.15, 0.2) is 0 Å². The minimum atomic E-state index is 0.758. The van der Waals surface area contributed by atoms with Crippen molar-refractivity contribution in [2.75, 3.05) is 0 Å². The minimum absolute atomic E-state index is 0.758. The Morgan fingerprint density at radius 3 is 3.38 bits per heavy atom. The summed E-state index contributed by atoms with van der Waals surface area (Å²) in [6.45, 7) is 0. The maximum atomic E-state index is 5.64. The Kier molecular flexibility index (Phi) is 1.86. The van der Waals surface area contributed by atoms with Crippen molar-refractivity contribution >= 4 is 17.8 Å². The topological polar surface area (TPSA) is 12.4 Å². The molecule has 0 spiro atoms. The summed E-state index contributed by atoms with van der Waals surface area (Å²) in [5, 5.41) is 0.836. The van der Waals surface area contributed by atoms with Gasteiger partial charge < -0.3 is 0 Å². The molecule has 0 aromatic rings. The average Bonchev–Trinajstić information content (AvgIpc) is 1.94. The number of hydrogen-bond donors (Lipinski definition) is 0. The molecule has 0 N–H and O–H groups in total. The van der Waals surface area contributed by atoms with E-state index in [4.69, 9.17) is 11.6 Å². The van der Waals surface area contributed by atoms with Gasteiger partial charge in [-0.2, -0.15) is 0 Å². The third-order valence-corrected chi connectivity index (χ3v) is 1.12. The zero-order chi connectivity index (χ0) is 5.82. The number of allylic oxidation sites excluding steroid dienone is 3. The molecule has 42 valence electrons. The first-order valence-electron chi connectivity index (χ1n) is 2.42. The van der Waals surface area contributed by atoms with E-state index in [2.05, 4.69) is 4.99 Å². The van der Waals surface area contributed by atoms with Gasteiger partial charge in [0.1, 0.15) is 0 Å². The lowest BCUT2D eigenvalue weighted by molar-refractivity contribution is 1.47. The summed E-state index contributed by atoms with van der Waals surface area (Å²) in [6, 6.07) is 0. The van der Waals surface area contributed by atoms with Gasteiger partial charge in [-0.05, 0) is 12.2 Å². The van der Waals surface area contributed by atoms with Crippen LogP contribution >= 0.6 is 11.6 Å². The number of halogens is 1. The predicted molar refractivity (Wildman–Crippen MR) is 36.2 cm³/mol. The van der Waals surface area contributed by atoms with Gasteiger partial charge in [-0.3, -0.25) is 4.99 Å². The van der Waals surface area contributed by atoms with Crippen LogP contribution in [0.1, 0.15) is 6.42 Å². The molecule has 0 radical (unpaired) electrons. The molecule has 0 aliphatic carbocycles. The summed E-state index contributed by atoms with van der Waals surface area (Å²) in [7, 11) is 0. The molecule has 0 aromatic heterocycles. The van der Waals surface area contributed by atoms with Crippen LogP contribution in [0.3, 0.4) is 0 Å². The van der Waals surface area contributed by atoms with Crippen molar-refractivity contribution < 1.29 is 0 Å². The van der Waals surface area contributed by atoms with Gasteiger partial charge in [0.2, 0.25) is 0 Å². The first-order chi connectivity index (χ1) is 3.89. The standard InChI is InChI=1S/C6H6ClN/c7-6-2-1-4-8-5-3-6/h1-2,4-5H,3H2. The van der Waals surface area contributed by atoms with E-state index in [1.807, 2.05) is 12.2 Å². The Morgan fingerprint density at radius 2 is 2.50 bits per heavy atom. The second kappa shape index (κ2) is 2.68. The van der Waals surface area contributed by atoms with E-state index in [0.29, 0.717) is 0 Å². The third kappa shape index (κ3) is 1.51. The summed E-state index contributed by atoms with van der Waals surface area (Å²) in [4.78, 5) is 3.88. The molecule has 1 heterocycles. The summed E-state index contributed by atoms with van der Waals surface area (Å²) in [5.74, 6) is 0. The highest BCUT2D eigenvalue weighted by atomic mass is 35.5. The van der Waals surface area contributed by atoms with Gasteiger partial charge in [0, 0.05) is 23.9 Å². The number of hydrogen-bond acceptors (Lipinski definition) is 1. The first kappa shape index (κ1) is 5.57. The molecule has 1 aliphatic rings. The van der Waals surface area contributed by atoms with Gasteiger partial charge >= 0.3 is 0 Å². The highest BCUT2D eigenvalue weighted by Gasteiger charge is 1.86. The van der Waals surface area contributed by atoms with E-state index in [-0.39, 0.29) is 0 Å². The van der Waals surface area contributed by atoms with E-state index in [1.54, 1.807) is 12.4 Å². The van der Waals surface area contributed by atoms with Crippen LogP contribution in [-0.2, 0) is 0 Å². The van der Waals surface area contributed by atoms with Crippen LogP contribution in [0.15, 0.2) is 28.4 Å². The Morgan fingerprint density at radius 1 is 1.62 bits per heavy atom. The van der Waals surface area contributed by atoms with Crippen molar-refractivity contribution in [3.05, 3.63) is 23.4 Å². The Bertz CT molecular complexity index is 156. The molecule has 0 amide bonds. The average molecular weight is 128 g/mol. The molecule has 0 aromatic carbocycles. The molecule has 1 rings (SSSR count). The van der Waals surface area contributed by atoms with Gasteiger partial charge in [-0.1, -0.05) is 11.6 Å². The largest absolute Gasteiger partial charge is 0.269 e. The SMILES string of the molecule is ClC1=CC=CN=CC1. The lowest BCUT2D eigenvalue weighted by atomic mass is 10.4. The lowest BCUT2D eigenvalue weighted by Gasteiger charge is -1.82. The summed E-state index contributed by atoms with van der Waals surface area (Å²) in [6.07, 6.45) is 7.92. The third-order valence-electron chi connectivity index (χ3n) is 0.841. The minimum Gasteiger partial charge on any atom is -0.269 e. The number of rotatable bonds is 0. The fourth-order valence-electron chi connectivity index (χ4n) is 0.466. The maximum Gasteiger partial charge on any atom is 0.0264 e. The Balaban J connectivity index is 2.69. The molecule has 0 unspecified atom stereocenters. The molecular weight excluding hydrogens is 122 g/mol. The van der Waals surface area contributed by atoms with Crippen LogP contribution in [-0.4, -0.2) is 6.21 Å². The van der Waals surface area contributed by atoms with E-state index >= 15 is 0 Å². The molecule has 0 saturated heterocycles. The van der Waals surface area contributed by atoms with E-state index in [0.717, 1.165) is 11.5 Å². The number of nitrogens with zero attached hydrogens (tertiary/aromatic N) is 1. The first-order valence-corrected chi connectivity index (χ1v) is 2.80. The fraction of sp³-hybridized carbons (Fsp3) is 0.167. The molecule has 2 heteroatoms. The molecule has 1 nitrogen and oxygen atoms in total. The van der Waals surface area contributed by atoms with E-state index < -0.39 is 0 Å². The Labute approximate surface area is 53.4 Å². The summed E-state index contributed by atoms with van der Waals surface area (Å²) >= 11 is 5.64. The van der Waals surface area contributed by atoms with Crippen molar-refractivity contribution in [3.8, 4) is 0 Å².